The van der Waals surface area contributed by atoms with Gasteiger partial charge in [0.05, 0.1) is 0 Å². The Hall–Kier alpha value is -9.66. The van der Waals surface area contributed by atoms with Crippen LogP contribution in [0.25, 0.3) is 43.1 Å². The van der Waals surface area contributed by atoms with Gasteiger partial charge < -0.3 is 0 Å². The second-order valence-corrected chi connectivity index (χ2v) is 22.5. The Morgan fingerprint density at radius 2 is 0.500 bits per heavy atom. The molecule has 0 aliphatic carbocycles. The molecule has 7 aromatic heterocycles. The Labute approximate surface area is 649 Å². The lowest BCUT2D eigenvalue weighted by atomic mass is 9.93. The molecule has 0 fully saturated rings. The molecule has 13 aromatic rings. The van der Waals surface area contributed by atoms with Crippen LogP contribution < -0.4 is 0 Å². The van der Waals surface area contributed by atoms with E-state index < -0.39 is 0 Å². The minimum Gasteiger partial charge on any atom is -0.264 e. The van der Waals surface area contributed by atoms with Gasteiger partial charge in [0.1, 0.15) is 5.82 Å². The predicted molar refractivity (Wildman–Crippen MR) is 478 cm³/mol. The highest BCUT2D eigenvalue weighted by Gasteiger charge is 2.07. The molecule has 0 spiro atoms. The number of rotatable bonds is 0. The van der Waals surface area contributed by atoms with Crippen molar-refractivity contribution in [1.29, 1.82) is 0 Å². The standard InChI is InChI=1S/2C16H14.6C7H9N.C6H8N2.9C2H6/c1-11-3-5-13-10-16-8-12(2)4-6-14(16)9-15(13)7-11;1-11-13-7-3-5-9-15(13)12(2)16-10-6-4-8-14(11)16;1-6-3-7(2)5-8-4-6;2*1-6-3-4-8-7(2)5-6;2*1-6-3-4-7(2)8-5-6;1-6-4-3-5-7(2)8-6;1-5-3-4-7-6(2)8-5;9*1-2/h2*3-10H,1-2H3;6*3-5H,1-2H3;3-4H,1-2H3;9*1-2H3. The van der Waals surface area contributed by atoms with Crippen molar-refractivity contribution in [2.24, 2.45) is 0 Å². The molecule has 6 aromatic carbocycles. The minimum atomic E-state index is 0.838. The van der Waals surface area contributed by atoms with Gasteiger partial charge in [-0.05, 0) is 279 Å². The Kier molecular flexibility index (Phi) is 66.6. The molecule has 8 heteroatoms. The van der Waals surface area contributed by atoms with E-state index in [1.807, 2.05) is 293 Å². The fraction of sp³-hybridized carbons (Fsp3) is 0.367. The van der Waals surface area contributed by atoms with E-state index >= 15 is 0 Å². The zero-order valence-electron chi connectivity index (χ0n) is 73.4. The molecule has 0 saturated carbocycles. The average Bonchev–Trinajstić information content (AvgIpc) is 0.768. The van der Waals surface area contributed by atoms with Gasteiger partial charge >= 0.3 is 0 Å². The molecule has 0 aliphatic rings. The van der Waals surface area contributed by atoms with Crippen molar-refractivity contribution in [2.75, 3.05) is 0 Å². The molecule has 0 amide bonds. The van der Waals surface area contributed by atoms with E-state index in [0.717, 1.165) is 45.7 Å². The van der Waals surface area contributed by atoms with E-state index in [4.69, 9.17) is 0 Å². The predicted octanol–water partition coefficient (Wildman–Crippen LogP) is 29.7. The van der Waals surface area contributed by atoms with Crippen molar-refractivity contribution < 1.29 is 0 Å². The Morgan fingerprint density at radius 3 is 0.726 bits per heavy atom. The third-order valence-corrected chi connectivity index (χ3v) is 13.8. The van der Waals surface area contributed by atoms with Crippen LogP contribution in [-0.4, -0.2) is 39.9 Å². The van der Waals surface area contributed by atoms with Crippen LogP contribution in [-0.2, 0) is 0 Å². The van der Waals surface area contributed by atoms with E-state index in [0.29, 0.717) is 0 Å². The number of aryl methyl sites for hydroxylation is 18. The monoisotopic (exact) mass is 1430 g/mol. The van der Waals surface area contributed by atoms with Crippen LogP contribution in [0.2, 0.25) is 0 Å². The molecule has 0 bridgehead atoms. The van der Waals surface area contributed by atoms with Gasteiger partial charge in [-0.15, -0.1) is 0 Å². The van der Waals surface area contributed by atoms with Gasteiger partial charge in [-0.3, -0.25) is 29.9 Å². The van der Waals surface area contributed by atoms with Crippen molar-refractivity contribution in [3.8, 4) is 0 Å². The maximum absolute atomic E-state index is 4.17. The maximum Gasteiger partial charge on any atom is 0.125 e. The van der Waals surface area contributed by atoms with E-state index in [9.17, 15) is 0 Å². The summed E-state index contributed by atoms with van der Waals surface area (Å²) in [6.45, 7) is 72.8. The Morgan fingerprint density at radius 1 is 0.189 bits per heavy atom. The van der Waals surface area contributed by atoms with Crippen molar-refractivity contribution in [3.05, 3.63) is 321 Å². The summed E-state index contributed by atoms with van der Waals surface area (Å²) in [6.07, 6.45) is 12.9. The summed E-state index contributed by atoms with van der Waals surface area (Å²) in [5, 5.41) is 10.8. The molecule has 576 valence electrons. The first kappa shape index (κ1) is 105. The molecule has 0 N–H and O–H groups in total. The van der Waals surface area contributed by atoms with Gasteiger partial charge in [0.25, 0.3) is 0 Å². The molecule has 0 saturated heterocycles. The highest BCUT2D eigenvalue weighted by Crippen LogP contribution is 2.31. The molecule has 0 aliphatic heterocycles. The van der Waals surface area contributed by atoms with E-state index in [1.165, 1.54) is 98.7 Å². The largest absolute Gasteiger partial charge is 0.264 e. The smallest absolute Gasteiger partial charge is 0.125 e. The van der Waals surface area contributed by atoms with Crippen LogP contribution in [0.4, 0.5) is 0 Å². The van der Waals surface area contributed by atoms with Gasteiger partial charge in [-0.25, -0.2) is 9.97 Å². The summed E-state index contributed by atoms with van der Waals surface area (Å²) in [7, 11) is 0. The SMILES string of the molecule is CC.CC.CC.CC.CC.CC.CC.CC.CC.Cc1c2ccccc2c(C)c2ccccc12.Cc1ccc(C)nc1.Cc1ccc(C)nc1.Cc1ccc2cc3cc(C)ccc3cc2c1.Cc1cccc(C)n1.Cc1ccnc(C)c1.Cc1ccnc(C)c1.Cc1ccnc(C)n1.Cc1cncc(C)c1. The Bertz CT molecular complexity index is 3650. The zero-order valence-corrected chi connectivity index (χ0v) is 73.4. The summed E-state index contributed by atoms with van der Waals surface area (Å²) in [6, 6.07) is 61.3. The van der Waals surface area contributed by atoms with Crippen LogP contribution in [0.3, 0.4) is 0 Å². The Balaban J connectivity index is -0.000000356. The molecular formula is C98H144N8. The number of pyridine rings is 6. The van der Waals surface area contributed by atoms with Crippen LogP contribution in [0.5, 0.6) is 0 Å². The molecular weight excluding hydrogens is 1290 g/mol. The minimum absolute atomic E-state index is 0.838. The van der Waals surface area contributed by atoms with Gasteiger partial charge in [0, 0.05) is 83.2 Å². The lowest BCUT2D eigenvalue weighted by Crippen LogP contribution is -1.87. The topological polar surface area (TPSA) is 103 Å². The fourth-order valence-corrected chi connectivity index (χ4v) is 9.22. The fourth-order valence-electron chi connectivity index (χ4n) is 9.22. The first-order valence-electron chi connectivity index (χ1n) is 38.9. The maximum atomic E-state index is 4.17. The van der Waals surface area contributed by atoms with Crippen molar-refractivity contribution >= 4 is 43.1 Å². The summed E-state index contributed by atoms with van der Waals surface area (Å²) in [5.74, 6) is 0.838. The summed E-state index contributed by atoms with van der Waals surface area (Å²) in [5.41, 5.74) is 20.4. The first-order chi connectivity index (χ1) is 51.0. The quantitative estimate of drug-likeness (QED) is 0.138. The van der Waals surface area contributed by atoms with Gasteiger partial charge in [0.15, 0.2) is 0 Å². The van der Waals surface area contributed by atoms with E-state index in [1.54, 1.807) is 6.20 Å². The number of nitrogens with zero attached hydrogens (tertiary/aromatic N) is 8. The molecule has 13 rings (SSSR count). The highest BCUT2D eigenvalue weighted by atomic mass is 14.9. The molecule has 0 radical (unpaired) electrons. The van der Waals surface area contributed by atoms with Crippen LogP contribution in [0.15, 0.2) is 219 Å². The van der Waals surface area contributed by atoms with Crippen molar-refractivity contribution in [3.63, 3.8) is 0 Å². The highest BCUT2D eigenvalue weighted by molar-refractivity contribution is 6.05. The van der Waals surface area contributed by atoms with E-state index in [-0.39, 0.29) is 0 Å². The molecule has 0 atom stereocenters. The number of hydrogen-bond donors (Lipinski definition) is 0. The third-order valence-electron chi connectivity index (χ3n) is 13.8. The number of aromatic nitrogens is 8. The van der Waals surface area contributed by atoms with Gasteiger partial charge in [-0.2, -0.15) is 0 Å². The van der Waals surface area contributed by atoms with E-state index in [2.05, 4.69) is 209 Å². The summed E-state index contributed by atoms with van der Waals surface area (Å²) < 4.78 is 0. The van der Waals surface area contributed by atoms with Crippen LogP contribution >= 0.6 is 0 Å². The molecule has 7 heterocycles. The lowest BCUT2D eigenvalue weighted by molar-refractivity contribution is 1.01. The number of benzene rings is 6. The second kappa shape index (κ2) is 67.2. The van der Waals surface area contributed by atoms with Gasteiger partial charge in [-0.1, -0.05) is 245 Å². The molecule has 106 heavy (non-hydrogen) atoms. The number of fused-ring (bicyclic) bond motifs is 4. The van der Waals surface area contributed by atoms with Crippen molar-refractivity contribution in [1.82, 2.24) is 39.9 Å². The molecule has 8 nitrogen and oxygen atoms in total. The molecule has 0 unspecified atom stereocenters. The third kappa shape index (κ3) is 46.9. The lowest BCUT2D eigenvalue weighted by Gasteiger charge is -2.11. The van der Waals surface area contributed by atoms with Crippen LogP contribution in [0.1, 0.15) is 226 Å². The van der Waals surface area contributed by atoms with Gasteiger partial charge in [0.2, 0.25) is 0 Å². The summed E-state index contributed by atoms with van der Waals surface area (Å²) in [4.78, 5) is 32.4. The number of hydrogen-bond acceptors (Lipinski definition) is 8. The summed E-state index contributed by atoms with van der Waals surface area (Å²) >= 11 is 0. The van der Waals surface area contributed by atoms with Crippen LogP contribution in [0, 0.1) is 125 Å². The van der Waals surface area contributed by atoms with Crippen molar-refractivity contribution in [2.45, 2.75) is 249 Å². The zero-order chi connectivity index (χ0) is 82.1. The first-order valence-corrected chi connectivity index (χ1v) is 38.9. The average molecular weight is 1430 g/mol. The second-order valence-electron chi connectivity index (χ2n) is 22.5. The normalized spacial score (nSPS) is 8.75.